The molecule has 0 saturated carbocycles. The molecule has 0 bridgehead atoms. The molecule has 0 amide bonds. The van der Waals surface area contributed by atoms with Gasteiger partial charge in [0.2, 0.25) is 0 Å². The van der Waals surface area contributed by atoms with Crippen LogP contribution in [-0.2, 0) is 13.3 Å². The van der Waals surface area contributed by atoms with E-state index in [-0.39, 0.29) is 0 Å². The molecule has 1 aliphatic heterocycles. The molecule has 0 aromatic carbocycles. The first-order valence-electron chi connectivity index (χ1n) is 5.90. The van der Waals surface area contributed by atoms with E-state index in [4.69, 9.17) is 13.3 Å². The van der Waals surface area contributed by atoms with Crippen LogP contribution in [0, 0.1) is 0 Å². The van der Waals surface area contributed by atoms with Crippen LogP contribution >= 0.6 is 0 Å². The molecule has 0 atom stereocenters. The molecule has 6 heteroatoms. The first-order valence-corrected chi connectivity index (χ1v) is 11.0. The van der Waals surface area contributed by atoms with Crippen molar-refractivity contribution in [2.75, 3.05) is 34.0 Å². The van der Waals surface area contributed by atoms with Gasteiger partial charge in [0.1, 0.15) is 8.24 Å². The summed E-state index contributed by atoms with van der Waals surface area (Å²) in [4.78, 5) is 0. The molecular formula is C10H25NO3Si2. The van der Waals surface area contributed by atoms with Crippen LogP contribution in [0.25, 0.3) is 0 Å². The third-order valence-electron chi connectivity index (χ3n) is 3.64. The summed E-state index contributed by atoms with van der Waals surface area (Å²) in [7, 11) is 1.39. The van der Waals surface area contributed by atoms with Gasteiger partial charge in [-0.1, -0.05) is 19.5 Å². The van der Waals surface area contributed by atoms with Crippen LogP contribution in [0.15, 0.2) is 0 Å². The van der Waals surface area contributed by atoms with Crippen LogP contribution in [-0.4, -0.2) is 55.6 Å². The highest BCUT2D eigenvalue weighted by Gasteiger charge is 2.44. The third kappa shape index (κ3) is 3.15. The largest absolute Gasteiger partial charge is 0.514 e. The second-order valence-electron chi connectivity index (χ2n) is 4.99. The second-order valence-corrected chi connectivity index (χ2v) is 12.7. The minimum absolute atomic E-state index is 0.843. The van der Waals surface area contributed by atoms with E-state index in [1.165, 1.54) is 25.4 Å². The highest BCUT2D eigenvalue weighted by molar-refractivity contribution is 6.76. The van der Waals surface area contributed by atoms with E-state index >= 15 is 0 Å². The molecule has 0 aromatic rings. The molecule has 1 heterocycles. The van der Waals surface area contributed by atoms with E-state index in [0.29, 0.717) is 0 Å². The Labute approximate surface area is 101 Å². The third-order valence-corrected chi connectivity index (χ3v) is 10.3. The van der Waals surface area contributed by atoms with Crippen molar-refractivity contribution in [3.05, 3.63) is 0 Å². The van der Waals surface area contributed by atoms with Crippen molar-refractivity contribution < 1.29 is 13.3 Å². The molecule has 16 heavy (non-hydrogen) atoms. The second kappa shape index (κ2) is 5.74. The Morgan fingerprint density at radius 3 is 2.06 bits per heavy atom. The van der Waals surface area contributed by atoms with Gasteiger partial charge < -0.3 is 17.8 Å². The maximum Gasteiger partial charge on any atom is 0.514 e. The number of rotatable bonds is 5. The minimum atomic E-state index is -2.43. The van der Waals surface area contributed by atoms with Gasteiger partial charge in [0.15, 0.2) is 0 Å². The van der Waals surface area contributed by atoms with E-state index in [1.807, 2.05) is 0 Å². The lowest BCUT2D eigenvalue weighted by Gasteiger charge is -2.43. The van der Waals surface area contributed by atoms with Crippen molar-refractivity contribution in [3.63, 3.8) is 0 Å². The normalized spacial score (nSPS) is 22.3. The lowest BCUT2D eigenvalue weighted by molar-refractivity contribution is 0.112. The lowest BCUT2D eigenvalue weighted by Crippen LogP contribution is -2.61. The fourth-order valence-electron chi connectivity index (χ4n) is 2.29. The molecule has 1 rings (SSSR count). The molecule has 0 aromatic heterocycles. The molecular weight excluding hydrogens is 238 g/mol. The van der Waals surface area contributed by atoms with E-state index in [9.17, 15) is 0 Å². The van der Waals surface area contributed by atoms with Crippen LogP contribution in [0.3, 0.4) is 0 Å². The molecule has 0 unspecified atom stereocenters. The predicted molar refractivity (Wildman–Crippen MR) is 69.9 cm³/mol. The Hall–Kier alpha value is 0.274. The van der Waals surface area contributed by atoms with Crippen molar-refractivity contribution in [1.29, 1.82) is 0 Å². The van der Waals surface area contributed by atoms with E-state index in [0.717, 1.165) is 6.17 Å². The maximum absolute atomic E-state index is 5.51. The average Bonchev–Trinajstić information content (AvgIpc) is 2.28. The Balaban J connectivity index is 2.69. The quantitative estimate of drug-likeness (QED) is 0.707. The minimum Gasteiger partial charge on any atom is -0.376 e. The summed E-state index contributed by atoms with van der Waals surface area (Å²) in [5.74, 6) is 0. The summed E-state index contributed by atoms with van der Waals surface area (Å²) in [5.41, 5.74) is 0. The van der Waals surface area contributed by atoms with Gasteiger partial charge >= 0.3 is 8.80 Å². The number of nitrogens with zero attached hydrogens (tertiary/aromatic N) is 1. The Kier molecular flexibility index (Phi) is 5.15. The zero-order chi connectivity index (χ0) is 12.2. The zero-order valence-corrected chi connectivity index (χ0v) is 13.2. The standard InChI is InChI=1S/C10H25NO3Si2/c1-12-16(13-2,14-3)10-11-8-6-7-9-15(11,4)5/h6-10H2,1-5H3. The monoisotopic (exact) mass is 263 g/mol. The summed E-state index contributed by atoms with van der Waals surface area (Å²) in [6, 6.07) is 1.37. The molecule has 0 spiro atoms. The van der Waals surface area contributed by atoms with Gasteiger partial charge in [0.05, 0.1) is 6.17 Å². The summed E-state index contributed by atoms with van der Waals surface area (Å²) in [6.07, 6.45) is 3.50. The van der Waals surface area contributed by atoms with Crippen LogP contribution in [0.5, 0.6) is 0 Å². The molecule has 96 valence electrons. The summed E-state index contributed by atoms with van der Waals surface area (Å²) in [5, 5.41) is 0. The maximum atomic E-state index is 5.51. The molecule has 1 fully saturated rings. The average molecular weight is 263 g/mol. The zero-order valence-electron chi connectivity index (χ0n) is 11.2. The molecule has 0 aliphatic carbocycles. The molecule has 0 radical (unpaired) electrons. The Bertz CT molecular complexity index is 214. The lowest BCUT2D eigenvalue weighted by atomic mass is 10.3. The van der Waals surface area contributed by atoms with Crippen molar-refractivity contribution in [3.8, 4) is 0 Å². The number of hydrogen-bond acceptors (Lipinski definition) is 4. The Morgan fingerprint density at radius 1 is 1.06 bits per heavy atom. The van der Waals surface area contributed by atoms with Gasteiger partial charge in [0.25, 0.3) is 0 Å². The summed E-state index contributed by atoms with van der Waals surface area (Å²) >= 11 is 0. The van der Waals surface area contributed by atoms with Gasteiger partial charge in [-0.25, -0.2) is 0 Å². The first kappa shape index (κ1) is 14.3. The molecule has 1 aliphatic rings. The summed E-state index contributed by atoms with van der Waals surface area (Å²) < 4.78 is 19.1. The van der Waals surface area contributed by atoms with Crippen LogP contribution in [0.1, 0.15) is 12.8 Å². The van der Waals surface area contributed by atoms with Crippen LogP contribution in [0.4, 0.5) is 0 Å². The first-order chi connectivity index (χ1) is 7.49. The highest BCUT2D eigenvalue weighted by Crippen LogP contribution is 2.26. The predicted octanol–water partition coefficient (Wildman–Crippen LogP) is 1.70. The molecule has 4 nitrogen and oxygen atoms in total. The fourth-order valence-corrected chi connectivity index (χ4v) is 8.29. The van der Waals surface area contributed by atoms with Gasteiger partial charge in [-0.15, -0.1) is 0 Å². The topological polar surface area (TPSA) is 30.9 Å². The van der Waals surface area contributed by atoms with E-state index in [1.54, 1.807) is 21.3 Å². The molecule has 0 N–H and O–H groups in total. The fraction of sp³-hybridized carbons (Fsp3) is 1.00. The van der Waals surface area contributed by atoms with Crippen LogP contribution in [0.2, 0.25) is 19.1 Å². The van der Waals surface area contributed by atoms with Crippen molar-refractivity contribution in [2.24, 2.45) is 0 Å². The van der Waals surface area contributed by atoms with Gasteiger partial charge in [0, 0.05) is 21.3 Å². The SMILES string of the molecule is CO[Si](CN1CCCC[Si]1(C)C)(OC)OC. The highest BCUT2D eigenvalue weighted by atomic mass is 28.4. The smallest absolute Gasteiger partial charge is 0.376 e. The van der Waals surface area contributed by atoms with E-state index < -0.39 is 17.0 Å². The van der Waals surface area contributed by atoms with Gasteiger partial charge in [-0.2, -0.15) is 0 Å². The number of hydrogen-bond donors (Lipinski definition) is 0. The van der Waals surface area contributed by atoms with Crippen LogP contribution < -0.4 is 0 Å². The van der Waals surface area contributed by atoms with Gasteiger partial charge in [-0.05, 0) is 19.0 Å². The van der Waals surface area contributed by atoms with E-state index in [2.05, 4.69) is 17.7 Å². The molecule has 1 saturated heterocycles. The van der Waals surface area contributed by atoms with Crippen molar-refractivity contribution >= 4 is 17.0 Å². The van der Waals surface area contributed by atoms with Crippen molar-refractivity contribution in [2.45, 2.75) is 32.0 Å². The van der Waals surface area contributed by atoms with Gasteiger partial charge in [-0.3, -0.25) is 0 Å². The van der Waals surface area contributed by atoms with Crippen molar-refractivity contribution in [1.82, 2.24) is 4.57 Å². The Morgan fingerprint density at radius 2 is 1.62 bits per heavy atom. The summed E-state index contributed by atoms with van der Waals surface area (Å²) in [6.45, 7) is 6.02.